The fourth-order valence-electron chi connectivity index (χ4n) is 2.04. The van der Waals surface area contributed by atoms with Gasteiger partial charge in [0, 0.05) is 17.8 Å². The van der Waals surface area contributed by atoms with Crippen LogP contribution in [-0.4, -0.2) is 30.1 Å². The molecule has 0 spiro atoms. The maximum Gasteiger partial charge on any atom is 0.212 e. The van der Waals surface area contributed by atoms with Crippen LogP contribution in [0.4, 0.5) is 0 Å². The van der Waals surface area contributed by atoms with E-state index in [2.05, 4.69) is 16.0 Å². The van der Waals surface area contributed by atoms with Crippen molar-refractivity contribution in [3.8, 4) is 11.9 Å². The fraction of sp³-hybridized carbons (Fsp3) is 0.500. The number of rotatable bonds is 3. The van der Waals surface area contributed by atoms with E-state index in [9.17, 15) is 5.26 Å². The van der Waals surface area contributed by atoms with Gasteiger partial charge in [0.1, 0.15) is 6.04 Å². The van der Waals surface area contributed by atoms with E-state index in [0.29, 0.717) is 5.88 Å². The molecule has 0 aliphatic carbocycles. The van der Waals surface area contributed by atoms with E-state index in [0.717, 1.165) is 18.7 Å². The molecule has 4 heteroatoms. The topological polar surface area (TPSA) is 49.1 Å². The van der Waals surface area contributed by atoms with Crippen molar-refractivity contribution < 1.29 is 4.74 Å². The Balaban J connectivity index is 2.16. The smallest absolute Gasteiger partial charge is 0.212 e. The summed E-state index contributed by atoms with van der Waals surface area (Å²) < 4.78 is 5.00. The minimum atomic E-state index is -0.166. The van der Waals surface area contributed by atoms with Gasteiger partial charge >= 0.3 is 0 Å². The van der Waals surface area contributed by atoms with Gasteiger partial charge in [-0.05, 0) is 32.0 Å². The molecule has 1 saturated heterocycles. The van der Waals surface area contributed by atoms with Crippen LogP contribution >= 0.6 is 0 Å². The molecule has 2 heterocycles. The number of pyridine rings is 1. The summed E-state index contributed by atoms with van der Waals surface area (Å²) >= 11 is 0. The van der Waals surface area contributed by atoms with E-state index in [1.54, 1.807) is 19.4 Å². The molecule has 4 nitrogen and oxygen atoms in total. The van der Waals surface area contributed by atoms with Gasteiger partial charge in [-0.1, -0.05) is 0 Å². The second-order valence-corrected chi connectivity index (χ2v) is 3.91. The van der Waals surface area contributed by atoms with Gasteiger partial charge in [0.2, 0.25) is 5.88 Å². The molecule has 0 amide bonds. The molecule has 1 unspecified atom stereocenters. The second kappa shape index (κ2) is 4.95. The summed E-state index contributed by atoms with van der Waals surface area (Å²) in [5.41, 5.74) is 0.949. The summed E-state index contributed by atoms with van der Waals surface area (Å²) in [5, 5.41) is 9.22. The maximum absolute atomic E-state index is 9.22. The third kappa shape index (κ3) is 2.15. The first-order chi connectivity index (χ1) is 7.85. The van der Waals surface area contributed by atoms with Crippen molar-refractivity contribution in [2.24, 2.45) is 0 Å². The van der Waals surface area contributed by atoms with Crippen molar-refractivity contribution in [2.75, 3.05) is 20.2 Å². The summed E-state index contributed by atoms with van der Waals surface area (Å²) in [6, 6.07) is 5.89. The average Bonchev–Trinajstić information content (AvgIpc) is 2.85. The van der Waals surface area contributed by atoms with Crippen molar-refractivity contribution >= 4 is 0 Å². The number of hydrogen-bond donors (Lipinski definition) is 0. The van der Waals surface area contributed by atoms with E-state index >= 15 is 0 Å². The Morgan fingerprint density at radius 1 is 1.44 bits per heavy atom. The molecule has 1 aromatic rings. The SMILES string of the molecule is COc1ccc(C(C#N)N2CCCC2)cn1. The first-order valence-electron chi connectivity index (χ1n) is 5.49. The van der Waals surface area contributed by atoms with Crippen LogP contribution in [0.3, 0.4) is 0 Å². The summed E-state index contributed by atoms with van der Waals surface area (Å²) in [4.78, 5) is 6.34. The summed E-state index contributed by atoms with van der Waals surface area (Å²) in [6.45, 7) is 2.01. The van der Waals surface area contributed by atoms with E-state index < -0.39 is 0 Å². The molecule has 2 rings (SSSR count). The van der Waals surface area contributed by atoms with Gasteiger partial charge < -0.3 is 4.74 Å². The number of nitriles is 1. The van der Waals surface area contributed by atoms with E-state index in [4.69, 9.17) is 4.74 Å². The van der Waals surface area contributed by atoms with Gasteiger partial charge in [-0.2, -0.15) is 5.26 Å². The molecule has 1 aromatic heterocycles. The Bertz CT molecular complexity index is 376. The van der Waals surface area contributed by atoms with Crippen LogP contribution in [0.2, 0.25) is 0 Å². The zero-order valence-electron chi connectivity index (χ0n) is 9.39. The molecule has 0 radical (unpaired) electrons. The summed E-state index contributed by atoms with van der Waals surface area (Å²) in [5.74, 6) is 0.585. The largest absolute Gasteiger partial charge is 0.481 e. The number of nitrogens with zero attached hydrogens (tertiary/aromatic N) is 3. The van der Waals surface area contributed by atoms with Crippen molar-refractivity contribution in [3.05, 3.63) is 23.9 Å². The van der Waals surface area contributed by atoms with Gasteiger partial charge in [0.05, 0.1) is 13.2 Å². The number of methoxy groups -OCH3 is 1. The van der Waals surface area contributed by atoms with Crippen LogP contribution in [0, 0.1) is 11.3 Å². The molecule has 84 valence electrons. The Hall–Kier alpha value is -1.60. The Labute approximate surface area is 95.5 Å². The van der Waals surface area contributed by atoms with E-state index in [1.807, 2.05) is 6.07 Å². The van der Waals surface area contributed by atoms with Gasteiger partial charge in [-0.15, -0.1) is 0 Å². The standard InChI is InChI=1S/C12H15N3O/c1-16-12-5-4-10(9-14-12)11(8-13)15-6-2-3-7-15/h4-5,9,11H,2-3,6-7H2,1H3. The van der Waals surface area contributed by atoms with Gasteiger partial charge in [-0.3, -0.25) is 4.90 Å². The van der Waals surface area contributed by atoms with Crippen LogP contribution in [0.25, 0.3) is 0 Å². The summed E-state index contributed by atoms with van der Waals surface area (Å²) in [6.07, 6.45) is 4.09. The zero-order valence-corrected chi connectivity index (χ0v) is 9.39. The van der Waals surface area contributed by atoms with E-state index in [-0.39, 0.29) is 6.04 Å². The Kier molecular flexibility index (Phi) is 3.37. The third-order valence-corrected chi connectivity index (χ3v) is 2.91. The monoisotopic (exact) mass is 217 g/mol. The molecular weight excluding hydrogens is 202 g/mol. The molecule has 1 aliphatic rings. The molecule has 0 N–H and O–H groups in total. The van der Waals surface area contributed by atoms with Crippen molar-refractivity contribution in [3.63, 3.8) is 0 Å². The minimum Gasteiger partial charge on any atom is -0.481 e. The lowest BCUT2D eigenvalue weighted by molar-refractivity contribution is 0.293. The van der Waals surface area contributed by atoms with Crippen LogP contribution in [0.15, 0.2) is 18.3 Å². The lowest BCUT2D eigenvalue weighted by atomic mass is 10.1. The van der Waals surface area contributed by atoms with Crippen molar-refractivity contribution in [1.29, 1.82) is 5.26 Å². The average molecular weight is 217 g/mol. The number of likely N-dealkylation sites (tertiary alicyclic amines) is 1. The molecule has 1 fully saturated rings. The van der Waals surface area contributed by atoms with Crippen molar-refractivity contribution in [1.82, 2.24) is 9.88 Å². The first kappa shape index (κ1) is 10.9. The molecular formula is C12H15N3O. The zero-order chi connectivity index (χ0) is 11.4. The summed E-state index contributed by atoms with van der Waals surface area (Å²) in [7, 11) is 1.59. The highest BCUT2D eigenvalue weighted by Crippen LogP contribution is 2.24. The number of aromatic nitrogens is 1. The van der Waals surface area contributed by atoms with E-state index in [1.165, 1.54) is 12.8 Å². The predicted octanol–water partition coefficient (Wildman–Crippen LogP) is 1.75. The Morgan fingerprint density at radius 3 is 2.69 bits per heavy atom. The molecule has 0 bridgehead atoms. The highest BCUT2D eigenvalue weighted by Gasteiger charge is 2.23. The number of ether oxygens (including phenoxy) is 1. The fourth-order valence-corrected chi connectivity index (χ4v) is 2.04. The quantitative estimate of drug-likeness (QED) is 0.774. The second-order valence-electron chi connectivity index (χ2n) is 3.91. The molecule has 0 saturated carbocycles. The number of hydrogen-bond acceptors (Lipinski definition) is 4. The van der Waals surface area contributed by atoms with Gasteiger partial charge in [0.25, 0.3) is 0 Å². The molecule has 1 aliphatic heterocycles. The lowest BCUT2D eigenvalue weighted by Gasteiger charge is -2.21. The molecule has 16 heavy (non-hydrogen) atoms. The van der Waals surface area contributed by atoms with Crippen LogP contribution in [-0.2, 0) is 0 Å². The van der Waals surface area contributed by atoms with Crippen LogP contribution in [0.5, 0.6) is 5.88 Å². The third-order valence-electron chi connectivity index (χ3n) is 2.91. The van der Waals surface area contributed by atoms with Crippen LogP contribution in [0.1, 0.15) is 24.4 Å². The maximum atomic E-state index is 9.22. The van der Waals surface area contributed by atoms with Gasteiger partial charge in [0.15, 0.2) is 0 Å². The molecule has 0 aromatic carbocycles. The normalized spacial score (nSPS) is 18.0. The van der Waals surface area contributed by atoms with Crippen LogP contribution < -0.4 is 4.74 Å². The molecule has 1 atom stereocenters. The predicted molar refractivity (Wildman–Crippen MR) is 60.0 cm³/mol. The minimum absolute atomic E-state index is 0.166. The first-order valence-corrected chi connectivity index (χ1v) is 5.49. The highest BCUT2D eigenvalue weighted by molar-refractivity contribution is 5.25. The van der Waals surface area contributed by atoms with Gasteiger partial charge in [-0.25, -0.2) is 4.98 Å². The Morgan fingerprint density at radius 2 is 2.19 bits per heavy atom. The highest BCUT2D eigenvalue weighted by atomic mass is 16.5. The lowest BCUT2D eigenvalue weighted by Crippen LogP contribution is -2.24. The van der Waals surface area contributed by atoms with Crippen molar-refractivity contribution in [2.45, 2.75) is 18.9 Å².